The largest absolute Gasteiger partial charge is 0.478 e. The van der Waals surface area contributed by atoms with Gasteiger partial charge in [0.05, 0.1) is 47.9 Å². The first-order chi connectivity index (χ1) is 40.7. The zero-order valence-electron chi connectivity index (χ0n) is 50.4. The summed E-state index contributed by atoms with van der Waals surface area (Å²) in [5.74, 6) is -0.00151. The van der Waals surface area contributed by atoms with Crippen molar-refractivity contribution >= 4 is 81.7 Å². The molecule has 2 heterocycles. The maximum absolute atomic E-state index is 13.1. The molecule has 0 bridgehead atoms. The van der Waals surface area contributed by atoms with Crippen LogP contribution in [0.3, 0.4) is 0 Å². The average molecular weight is 1200 g/mol. The van der Waals surface area contributed by atoms with Gasteiger partial charge in [0.15, 0.2) is 0 Å². The standard InChI is InChI=1S/C32H36ClN5O3.C20H23ClN4.C12H15NO4.CH3F/c1-31(2,3)41-30(40)36-22-14-11-21(12-15-22)28(39)38-32(4)17-7-9-23(18-32)35-29-34-19-26(33)27(37-29)25-16-13-20-8-5-6-10-24(20)25;1-20(22)10-4-6-14(11-20)24-19-23-12-17(21)18(25-19)16-9-8-13-5-2-3-7-15(13)16;1-12(2,3)17-11(16)13-9-6-4-8(5-7-9)10(14)15;1-2/h5-6,8,10-12,14-16,19,23H,7,9,13,17-18H2,1-4H3,(H,36,40)(H,38,39)(H,34,35,37);2-3,5,7,9,12,14H,4,6,8,10-11,22H2,1H3,(H,23,24,25);4-7H,1-3H3,(H,13,16)(H,14,15);1H3/i;;;1D. The average Bonchev–Trinajstić information content (AvgIpc) is 2.27. The lowest BCUT2D eigenvalue weighted by Gasteiger charge is -2.39. The number of allylic oxidation sites excluding steroid dienone is 2. The highest BCUT2D eigenvalue weighted by molar-refractivity contribution is 6.32. The molecular formula is C65H77Cl2FN10O7. The number of ether oxygens (including phenoxy) is 2. The number of anilines is 4. The van der Waals surface area contributed by atoms with Crippen molar-refractivity contribution in [3.05, 3.63) is 176 Å². The monoisotopic (exact) mass is 1200 g/mol. The summed E-state index contributed by atoms with van der Waals surface area (Å²) < 4.78 is 25.8. The van der Waals surface area contributed by atoms with E-state index < -0.39 is 42.1 Å². The third kappa shape index (κ3) is 18.8. The number of amides is 3. The highest BCUT2D eigenvalue weighted by atomic mass is 35.5. The number of halogens is 3. The van der Waals surface area contributed by atoms with Crippen LogP contribution in [-0.2, 0) is 22.3 Å². The molecule has 4 unspecified atom stereocenters. The number of aromatic carboxylic acids is 1. The van der Waals surface area contributed by atoms with Crippen LogP contribution in [0, 0.1) is 0 Å². The molecule has 0 saturated heterocycles. The van der Waals surface area contributed by atoms with Gasteiger partial charge >= 0.3 is 18.2 Å². The predicted molar refractivity (Wildman–Crippen MR) is 335 cm³/mol. The van der Waals surface area contributed by atoms with E-state index in [1.807, 2.05) is 12.1 Å². The zero-order valence-corrected chi connectivity index (χ0v) is 50.9. The molecule has 2 aromatic heterocycles. The van der Waals surface area contributed by atoms with E-state index in [-0.39, 0.29) is 23.1 Å². The number of benzene rings is 4. The number of nitrogens with zero attached hydrogens (tertiary/aromatic N) is 4. The van der Waals surface area contributed by atoms with E-state index in [4.69, 9.17) is 54.9 Å². The van der Waals surface area contributed by atoms with Crippen LogP contribution in [0.4, 0.5) is 37.3 Å². The Bertz CT molecular complexity index is 3430. The number of rotatable bonds is 11. The molecule has 20 heteroatoms. The van der Waals surface area contributed by atoms with Crippen LogP contribution in [0.25, 0.3) is 11.1 Å². The van der Waals surface area contributed by atoms with Crippen LogP contribution in [0.2, 0.25) is 10.0 Å². The minimum atomic E-state index is -1.01. The Morgan fingerprint density at radius 3 is 1.52 bits per heavy atom. The minimum Gasteiger partial charge on any atom is -0.478 e. The van der Waals surface area contributed by atoms with Crippen molar-refractivity contribution in [3.63, 3.8) is 0 Å². The van der Waals surface area contributed by atoms with Crippen molar-refractivity contribution in [1.82, 2.24) is 25.3 Å². The number of hydrogen-bond donors (Lipinski definition) is 7. The van der Waals surface area contributed by atoms with Gasteiger partial charge in [0.25, 0.3) is 5.91 Å². The first-order valence-corrected chi connectivity index (χ1v) is 29.0. The Hall–Kier alpha value is -7.93. The van der Waals surface area contributed by atoms with Gasteiger partial charge in [-0.15, -0.1) is 0 Å². The topological polar surface area (TPSA) is 245 Å². The first-order valence-electron chi connectivity index (χ1n) is 29.0. The van der Waals surface area contributed by atoms with Gasteiger partial charge in [-0.1, -0.05) is 83.9 Å². The highest BCUT2D eigenvalue weighted by Gasteiger charge is 2.35. The molecule has 8 N–H and O–H groups in total. The molecule has 0 spiro atoms. The van der Waals surface area contributed by atoms with Gasteiger partial charge in [-0.3, -0.25) is 19.8 Å². The van der Waals surface area contributed by atoms with Crippen molar-refractivity contribution in [2.45, 2.75) is 154 Å². The van der Waals surface area contributed by atoms with Crippen LogP contribution in [-0.4, -0.2) is 90.6 Å². The van der Waals surface area contributed by atoms with Gasteiger partial charge in [-0.2, -0.15) is 0 Å². The van der Waals surface area contributed by atoms with Gasteiger partial charge in [-0.05, 0) is 190 Å². The Kier molecular flexibility index (Phi) is 21.0. The number of carbonyl (C=O) groups is 4. The summed E-state index contributed by atoms with van der Waals surface area (Å²) in [4.78, 5) is 65.6. The normalized spacial score (nSPS) is 19.5. The van der Waals surface area contributed by atoms with E-state index in [2.05, 4.69) is 98.9 Å². The van der Waals surface area contributed by atoms with Gasteiger partial charge in [-0.25, -0.2) is 34.3 Å². The summed E-state index contributed by atoms with van der Waals surface area (Å²) in [6.07, 6.45) is 16.1. The molecule has 6 aromatic rings. The highest BCUT2D eigenvalue weighted by Crippen LogP contribution is 2.38. The van der Waals surface area contributed by atoms with E-state index in [9.17, 15) is 23.6 Å². The van der Waals surface area contributed by atoms with E-state index in [0.717, 1.165) is 92.3 Å². The number of carboxylic acids is 1. The summed E-state index contributed by atoms with van der Waals surface area (Å²) in [6, 6.07) is 29.7. The number of nitrogens with two attached hydrogens (primary N) is 1. The molecule has 3 amide bonds. The van der Waals surface area contributed by atoms with Crippen LogP contribution in [0.1, 0.15) is 162 Å². The second-order valence-electron chi connectivity index (χ2n) is 24.0. The van der Waals surface area contributed by atoms with Crippen LogP contribution in [0.15, 0.2) is 122 Å². The quantitative estimate of drug-likeness (QED) is 0.0638. The maximum Gasteiger partial charge on any atom is 0.412 e. The lowest BCUT2D eigenvalue weighted by molar-refractivity contribution is 0.0624. The third-order valence-electron chi connectivity index (χ3n) is 14.3. The number of hydrogen-bond acceptors (Lipinski definition) is 13. The Labute approximate surface area is 508 Å². The van der Waals surface area contributed by atoms with Crippen molar-refractivity contribution in [1.29, 1.82) is 0 Å². The minimum absolute atomic E-state index is 0.0910. The summed E-state index contributed by atoms with van der Waals surface area (Å²) in [6.45, 7) is 14.9. The molecule has 0 aliphatic heterocycles. The van der Waals surface area contributed by atoms with Gasteiger partial charge < -0.3 is 36.3 Å². The molecular weight excluding hydrogens is 1120 g/mol. The fourth-order valence-electron chi connectivity index (χ4n) is 10.6. The molecule has 4 aliphatic carbocycles. The summed E-state index contributed by atoms with van der Waals surface area (Å²) >= 11 is 13.0. The Balaban J connectivity index is 0.000000199. The molecule has 4 atom stereocenters. The van der Waals surface area contributed by atoms with Gasteiger partial charge in [0, 0.05) is 51.2 Å². The Morgan fingerprint density at radius 1 is 0.659 bits per heavy atom. The summed E-state index contributed by atoms with van der Waals surface area (Å²) in [5.41, 5.74) is 15.0. The zero-order chi connectivity index (χ0) is 62.4. The van der Waals surface area contributed by atoms with Crippen molar-refractivity contribution in [2.75, 3.05) is 28.4 Å². The number of aromatic nitrogens is 4. The number of nitrogens with one attached hydrogen (secondary N) is 5. The van der Waals surface area contributed by atoms with E-state index in [1.165, 1.54) is 41.0 Å². The van der Waals surface area contributed by atoms with E-state index in [1.54, 1.807) is 78.2 Å². The molecule has 2 saturated carbocycles. The molecule has 85 heavy (non-hydrogen) atoms. The molecule has 10 rings (SSSR count). The SMILES string of the molecule is CC(C)(C)OC(=O)Nc1ccc(C(=O)O)cc1.CC1(N)CCCC(Nc2ncc(Cl)c(C3=CCc4ccccc43)n2)C1.CC1(NC(=O)c2ccc(NC(=O)OC(C)(C)C)cc2)CCCC(Nc2ncc(Cl)c(C3=CCc4ccccc43)n2)C1.[2H]CF. The molecule has 2 fully saturated rings. The van der Waals surface area contributed by atoms with Crippen LogP contribution >= 0.6 is 23.2 Å². The Morgan fingerprint density at radius 2 is 1.08 bits per heavy atom. The molecule has 4 aromatic carbocycles. The smallest absolute Gasteiger partial charge is 0.412 e. The lowest BCUT2D eigenvalue weighted by Crippen LogP contribution is -2.51. The van der Waals surface area contributed by atoms with Gasteiger partial charge in [0.2, 0.25) is 11.9 Å². The second kappa shape index (κ2) is 28.3. The molecule has 0 radical (unpaired) electrons. The first kappa shape index (κ1) is 63.1. The van der Waals surface area contributed by atoms with Crippen molar-refractivity contribution < 1.29 is 39.5 Å². The van der Waals surface area contributed by atoms with Gasteiger partial charge in [0.1, 0.15) is 11.2 Å². The van der Waals surface area contributed by atoms with Crippen LogP contribution < -0.4 is 32.3 Å². The fraction of sp³-hybridized carbons (Fsp3) is 0.385. The van der Waals surface area contributed by atoms with Crippen molar-refractivity contribution in [3.8, 4) is 0 Å². The molecule has 17 nitrogen and oxygen atoms in total. The lowest BCUT2D eigenvalue weighted by atomic mass is 9.80. The van der Waals surface area contributed by atoms with E-state index in [0.29, 0.717) is 44.9 Å². The number of fused-ring (bicyclic) bond motifs is 2. The molecule has 4 aliphatic rings. The van der Waals surface area contributed by atoms with Crippen LogP contribution in [0.5, 0.6) is 0 Å². The predicted octanol–water partition coefficient (Wildman–Crippen LogP) is 14.5. The number of carbonyl (C=O) groups excluding carboxylic acids is 3. The number of alkyl halides is 1. The maximum atomic E-state index is 13.1. The number of carboxylic acid groups (broad SMARTS) is 1. The fourth-order valence-corrected chi connectivity index (χ4v) is 11.0. The molecule has 450 valence electrons. The third-order valence-corrected chi connectivity index (χ3v) is 14.9. The summed E-state index contributed by atoms with van der Waals surface area (Å²) in [7, 11) is -1.00. The second-order valence-corrected chi connectivity index (χ2v) is 24.8. The summed E-state index contributed by atoms with van der Waals surface area (Å²) in [5, 5.41) is 25.2. The van der Waals surface area contributed by atoms with Crippen molar-refractivity contribution in [2.24, 2.45) is 5.73 Å². The van der Waals surface area contributed by atoms with E-state index >= 15 is 0 Å².